The van der Waals surface area contributed by atoms with Gasteiger partial charge in [-0.05, 0) is 26.3 Å². The molecule has 1 amide bonds. The third-order valence-corrected chi connectivity index (χ3v) is 5.64. The molecule has 0 spiro atoms. The second kappa shape index (κ2) is 9.51. The molecule has 1 saturated heterocycles. The van der Waals surface area contributed by atoms with Crippen LogP contribution < -0.4 is 4.72 Å². The van der Waals surface area contributed by atoms with Crippen molar-refractivity contribution in [2.24, 2.45) is 0 Å². The normalized spacial score (nSPS) is 15.9. The fourth-order valence-corrected chi connectivity index (χ4v) is 3.96. The number of amides is 1. The largest absolute Gasteiger partial charge is 0.444 e. The third-order valence-electron chi connectivity index (χ3n) is 4.28. The molecule has 10 nitrogen and oxygen atoms in total. The Morgan fingerprint density at radius 1 is 1.17 bits per heavy atom. The maximum atomic E-state index is 12.2. The summed E-state index contributed by atoms with van der Waals surface area (Å²) in [5.74, 6) is -0.239. The maximum absolute atomic E-state index is 12.2. The van der Waals surface area contributed by atoms with Crippen molar-refractivity contribution in [2.75, 3.05) is 39.3 Å². The van der Waals surface area contributed by atoms with E-state index in [1.807, 2.05) is 20.8 Å². The van der Waals surface area contributed by atoms with Crippen molar-refractivity contribution in [1.82, 2.24) is 14.5 Å². The van der Waals surface area contributed by atoms with Crippen LogP contribution in [0.15, 0.2) is 24.3 Å². The van der Waals surface area contributed by atoms with Crippen LogP contribution in [-0.4, -0.2) is 74.1 Å². The molecule has 29 heavy (non-hydrogen) atoms. The van der Waals surface area contributed by atoms with Gasteiger partial charge < -0.3 is 9.64 Å². The Bertz CT molecular complexity index is 812. The molecular weight excluding hydrogens is 400 g/mol. The Kier molecular flexibility index (Phi) is 7.55. The van der Waals surface area contributed by atoms with E-state index in [0.717, 1.165) is 0 Å². The fourth-order valence-electron chi connectivity index (χ4n) is 2.82. The molecule has 2 rings (SSSR count). The zero-order chi connectivity index (χ0) is 21.7. The standard InChI is InChI=1S/C18H28N4O6S/c1-18(2,3)28-17(23)21-12-10-20(11-13-21)9-8-19-29(26,27)14-15-4-6-16(7-5-15)22(24)25/h4-7,19H,8-14H2,1-3H3. The van der Waals surface area contributed by atoms with Gasteiger partial charge in [0.25, 0.3) is 5.69 Å². The minimum absolute atomic E-state index is 0.0790. The van der Waals surface area contributed by atoms with E-state index in [1.165, 1.54) is 24.3 Å². The molecule has 1 heterocycles. The Balaban J connectivity index is 1.73. The van der Waals surface area contributed by atoms with Gasteiger partial charge in [0.05, 0.1) is 10.7 Å². The molecule has 0 bridgehead atoms. The van der Waals surface area contributed by atoms with Crippen LogP contribution in [0.25, 0.3) is 0 Å². The number of nitrogens with zero attached hydrogens (tertiary/aromatic N) is 3. The van der Waals surface area contributed by atoms with Crippen molar-refractivity contribution >= 4 is 21.8 Å². The van der Waals surface area contributed by atoms with Crippen LogP contribution in [0.1, 0.15) is 26.3 Å². The Morgan fingerprint density at radius 3 is 2.28 bits per heavy atom. The molecule has 1 aliphatic rings. The molecule has 0 saturated carbocycles. The van der Waals surface area contributed by atoms with Crippen molar-refractivity contribution in [3.8, 4) is 0 Å². The summed E-state index contributed by atoms with van der Waals surface area (Å²) in [6.45, 7) is 8.60. The first-order chi connectivity index (χ1) is 13.5. The summed E-state index contributed by atoms with van der Waals surface area (Å²) in [7, 11) is -3.54. The number of hydrogen-bond donors (Lipinski definition) is 1. The van der Waals surface area contributed by atoms with E-state index in [0.29, 0.717) is 38.3 Å². The van der Waals surface area contributed by atoms with Crippen molar-refractivity contribution in [3.63, 3.8) is 0 Å². The molecule has 0 unspecified atom stereocenters. The van der Waals surface area contributed by atoms with Crippen molar-refractivity contribution in [2.45, 2.75) is 32.1 Å². The zero-order valence-electron chi connectivity index (χ0n) is 17.0. The third kappa shape index (κ3) is 7.95. The summed E-state index contributed by atoms with van der Waals surface area (Å²) in [6, 6.07) is 5.45. The molecule has 1 fully saturated rings. The highest BCUT2D eigenvalue weighted by molar-refractivity contribution is 7.88. The number of nitrogens with one attached hydrogen (secondary N) is 1. The van der Waals surface area contributed by atoms with E-state index in [2.05, 4.69) is 9.62 Å². The van der Waals surface area contributed by atoms with E-state index >= 15 is 0 Å². The van der Waals surface area contributed by atoms with Crippen LogP contribution in [0.5, 0.6) is 0 Å². The molecule has 1 aromatic carbocycles. The smallest absolute Gasteiger partial charge is 0.410 e. The predicted molar refractivity (Wildman–Crippen MR) is 108 cm³/mol. The lowest BCUT2D eigenvalue weighted by atomic mass is 10.2. The summed E-state index contributed by atoms with van der Waals surface area (Å²) >= 11 is 0. The van der Waals surface area contributed by atoms with Crippen LogP contribution in [0.4, 0.5) is 10.5 Å². The highest BCUT2D eigenvalue weighted by Crippen LogP contribution is 2.14. The molecule has 0 radical (unpaired) electrons. The molecule has 1 aliphatic heterocycles. The summed E-state index contributed by atoms with van der Waals surface area (Å²) in [5, 5.41) is 10.6. The number of rotatable bonds is 7. The maximum Gasteiger partial charge on any atom is 0.410 e. The number of hydrogen-bond acceptors (Lipinski definition) is 7. The minimum atomic E-state index is -3.54. The van der Waals surface area contributed by atoms with Crippen LogP contribution >= 0.6 is 0 Å². The van der Waals surface area contributed by atoms with Gasteiger partial charge in [0.15, 0.2) is 0 Å². The topological polar surface area (TPSA) is 122 Å². The van der Waals surface area contributed by atoms with Gasteiger partial charge in [-0.2, -0.15) is 0 Å². The molecule has 0 atom stereocenters. The molecule has 11 heteroatoms. The number of ether oxygens (including phenoxy) is 1. The number of carbonyl (C=O) groups is 1. The van der Waals surface area contributed by atoms with Gasteiger partial charge in [-0.15, -0.1) is 0 Å². The number of carbonyl (C=O) groups excluding carboxylic acids is 1. The summed E-state index contributed by atoms with van der Waals surface area (Å²) in [4.78, 5) is 25.9. The van der Waals surface area contributed by atoms with Gasteiger partial charge in [0, 0.05) is 51.4 Å². The number of nitro benzene ring substituents is 1. The van der Waals surface area contributed by atoms with Crippen molar-refractivity contribution in [3.05, 3.63) is 39.9 Å². The first kappa shape index (κ1) is 23.0. The van der Waals surface area contributed by atoms with Gasteiger partial charge in [-0.3, -0.25) is 15.0 Å². The number of sulfonamides is 1. The van der Waals surface area contributed by atoms with Crippen molar-refractivity contribution < 1.29 is 22.9 Å². The molecule has 0 aliphatic carbocycles. The average Bonchev–Trinajstić information content (AvgIpc) is 2.60. The Hall–Kier alpha value is -2.24. The molecule has 0 aromatic heterocycles. The van der Waals surface area contributed by atoms with Crippen LogP contribution in [0.3, 0.4) is 0 Å². The average molecular weight is 429 g/mol. The lowest BCUT2D eigenvalue weighted by Crippen LogP contribution is -2.51. The lowest BCUT2D eigenvalue weighted by molar-refractivity contribution is -0.384. The molecule has 162 valence electrons. The van der Waals surface area contributed by atoms with Gasteiger partial charge in [-0.1, -0.05) is 12.1 Å². The highest BCUT2D eigenvalue weighted by Gasteiger charge is 2.25. The van der Waals surface area contributed by atoms with Crippen LogP contribution in [0, 0.1) is 10.1 Å². The quantitative estimate of drug-likeness (QED) is 0.516. The highest BCUT2D eigenvalue weighted by atomic mass is 32.2. The summed E-state index contributed by atoms with van der Waals surface area (Å²) in [6.07, 6.45) is -0.332. The van der Waals surface area contributed by atoms with E-state index in [-0.39, 0.29) is 24.1 Å². The first-order valence-electron chi connectivity index (χ1n) is 9.36. The SMILES string of the molecule is CC(C)(C)OC(=O)N1CCN(CCNS(=O)(=O)Cc2ccc([N+](=O)[O-])cc2)CC1. The fraction of sp³-hybridized carbons (Fsp3) is 0.611. The second-order valence-corrected chi connectivity index (χ2v) is 9.69. The number of piperazine rings is 1. The number of non-ortho nitro benzene ring substituents is 1. The zero-order valence-corrected chi connectivity index (χ0v) is 17.8. The lowest BCUT2D eigenvalue weighted by Gasteiger charge is -2.35. The van der Waals surface area contributed by atoms with E-state index in [4.69, 9.17) is 4.74 Å². The second-order valence-electron chi connectivity index (χ2n) is 7.89. The summed E-state index contributed by atoms with van der Waals surface area (Å²) < 4.78 is 32.3. The number of nitro groups is 1. The van der Waals surface area contributed by atoms with E-state index in [1.54, 1.807) is 4.90 Å². The van der Waals surface area contributed by atoms with Crippen molar-refractivity contribution in [1.29, 1.82) is 0 Å². The molecule has 1 N–H and O–H groups in total. The monoisotopic (exact) mass is 428 g/mol. The first-order valence-corrected chi connectivity index (χ1v) is 11.0. The Labute approximate surface area is 171 Å². The van der Waals surface area contributed by atoms with Gasteiger partial charge >= 0.3 is 6.09 Å². The molecular formula is C18H28N4O6S. The van der Waals surface area contributed by atoms with Crippen LogP contribution in [0.2, 0.25) is 0 Å². The summed E-state index contributed by atoms with van der Waals surface area (Å²) in [5.41, 5.74) is -0.130. The minimum Gasteiger partial charge on any atom is -0.444 e. The van der Waals surface area contributed by atoms with Crippen LogP contribution in [-0.2, 0) is 20.5 Å². The number of benzene rings is 1. The Morgan fingerprint density at radius 2 is 1.76 bits per heavy atom. The van der Waals surface area contributed by atoms with E-state index in [9.17, 15) is 23.3 Å². The molecule has 1 aromatic rings. The van der Waals surface area contributed by atoms with Gasteiger partial charge in [-0.25, -0.2) is 17.9 Å². The van der Waals surface area contributed by atoms with Gasteiger partial charge in [0.2, 0.25) is 10.0 Å². The predicted octanol–water partition coefficient (Wildman–Crippen LogP) is 1.57. The van der Waals surface area contributed by atoms with E-state index < -0.39 is 20.5 Å². The van der Waals surface area contributed by atoms with Gasteiger partial charge in [0.1, 0.15) is 5.60 Å².